The number of ketones is 1. The maximum absolute atomic E-state index is 12.1. The Kier molecular flexibility index (Phi) is 8.08. The van der Waals surface area contributed by atoms with Crippen molar-refractivity contribution in [1.82, 2.24) is 0 Å². The third-order valence-electron chi connectivity index (χ3n) is 11.4. The lowest BCUT2D eigenvalue weighted by Gasteiger charge is -2.58. The number of rotatable bonds is 9. The van der Waals surface area contributed by atoms with Crippen molar-refractivity contribution in [2.24, 2.45) is 52.3 Å². The maximum atomic E-state index is 12.1. The van der Waals surface area contributed by atoms with E-state index in [1.54, 1.807) is 5.57 Å². The van der Waals surface area contributed by atoms with Crippen LogP contribution in [0.15, 0.2) is 11.6 Å². The van der Waals surface area contributed by atoms with Gasteiger partial charge in [0.1, 0.15) is 6.61 Å². The molecule has 0 aliphatic heterocycles. The second-order valence-corrected chi connectivity index (χ2v) is 14.1. The molecule has 0 bridgehead atoms. The van der Waals surface area contributed by atoms with E-state index in [1.165, 1.54) is 57.8 Å². The van der Waals surface area contributed by atoms with E-state index in [2.05, 4.69) is 40.7 Å². The molecule has 3 saturated carbocycles. The van der Waals surface area contributed by atoms with Crippen molar-refractivity contribution in [3.05, 3.63) is 11.6 Å². The van der Waals surface area contributed by atoms with Crippen LogP contribution in [0.25, 0.3) is 0 Å². The largest absolute Gasteiger partial charge is 0.370 e. The standard InChI is InChI=1S/C32H54O2/c1-21(2)9-8-10-23(5)27-13-14-28-26-12-11-24-19-25(34-20-30(33)22(3)4)15-17-31(24,6)29(26)16-18-32(27,28)7/h11,21-23,25-29H,8-10,12-20H2,1-7H3/t23-,25+,26?,27-,28?,29?,31+,32-/m1/s1. The molecule has 0 saturated heterocycles. The molecule has 34 heavy (non-hydrogen) atoms. The molecule has 0 aromatic rings. The quantitative estimate of drug-likeness (QED) is 0.315. The van der Waals surface area contributed by atoms with E-state index < -0.39 is 0 Å². The summed E-state index contributed by atoms with van der Waals surface area (Å²) in [7, 11) is 0. The van der Waals surface area contributed by atoms with Crippen LogP contribution in [0.5, 0.6) is 0 Å². The minimum absolute atomic E-state index is 0.0771. The summed E-state index contributed by atoms with van der Waals surface area (Å²) in [6.45, 7) is 16.9. The van der Waals surface area contributed by atoms with Gasteiger partial charge in [0.05, 0.1) is 6.10 Å². The van der Waals surface area contributed by atoms with E-state index >= 15 is 0 Å². The molecule has 0 amide bonds. The van der Waals surface area contributed by atoms with E-state index in [1.807, 2.05) is 13.8 Å². The fourth-order valence-electron chi connectivity index (χ4n) is 9.16. The highest BCUT2D eigenvalue weighted by Crippen LogP contribution is 2.67. The Bertz CT molecular complexity index is 750. The van der Waals surface area contributed by atoms with E-state index in [9.17, 15) is 4.79 Å². The van der Waals surface area contributed by atoms with Gasteiger partial charge in [-0.25, -0.2) is 0 Å². The van der Waals surface area contributed by atoms with E-state index in [0.717, 1.165) is 48.3 Å². The summed E-state index contributed by atoms with van der Waals surface area (Å²) in [5.41, 5.74) is 2.60. The predicted octanol–water partition coefficient (Wildman–Crippen LogP) is 8.64. The molecule has 2 nitrogen and oxygen atoms in total. The highest BCUT2D eigenvalue weighted by molar-refractivity contribution is 5.81. The molecule has 0 radical (unpaired) electrons. The molecule has 0 aromatic carbocycles. The molecule has 3 unspecified atom stereocenters. The number of ether oxygens (including phenoxy) is 1. The molecule has 3 fully saturated rings. The Labute approximate surface area is 211 Å². The van der Waals surface area contributed by atoms with Crippen LogP contribution in [-0.4, -0.2) is 18.5 Å². The Balaban J connectivity index is 1.41. The van der Waals surface area contributed by atoms with Gasteiger partial charge < -0.3 is 4.74 Å². The number of Topliss-reactive ketones (excluding diaryl/α,β-unsaturated/α-hetero) is 1. The number of hydrogen-bond donors (Lipinski definition) is 0. The highest BCUT2D eigenvalue weighted by Gasteiger charge is 2.59. The first-order chi connectivity index (χ1) is 16.1. The van der Waals surface area contributed by atoms with Crippen LogP contribution in [0.3, 0.4) is 0 Å². The summed E-state index contributed by atoms with van der Waals surface area (Å²) in [4.78, 5) is 12.1. The van der Waals surface area contributed by atoms with E-state index in [4.69, 9.17) is 4.74 Å². The highest BCUT2D eigenvalue weighted by atomic mass is 16.5. The second kappa shape index (κ2) is 10.4. The van der Waals surface area contributed by atoms with Crippen molar-refractivity contribution in [3.63, 3.8) is 0 Å². The third-order valence-corrected chi connectivity index (χ3v) is 11.4. The number of allylic oxidation sites excluding steroid dienone is 1. The zero-order valence-corrected chi connectivity index (χ0v) is 23.5. The van der Waals surface area contributed by atoms with Gasteiger partial charge in [0.2, 0.25) is 0 Å². The van der Waals surface area contributed by atoms with Crippen LogP contribution in [-0.2, 0) is 9.53 Å². The smallest absolute Gasteiger partial charge is 0.160 e. The molecule has 2 heteroatoms. The third kappa shape index (κ3) is 4.96. The van der Waals surface area contributed by atoms with Crippen LogP contribution in [0.4, 0.5) is 0 Å². The zero-order valence-electron chi connectivity index (χ0n) is 23.5. The van der Waals surface area contributed by atoms with Gasteiger partial charge in [0, 0.05) is 5.92 Å². The number of carbonyl (C=O) groups is 1. The fourth-order valence-corrected chi connectivity index (χ4v) is 9.16. The molecular formula is C32H54O2. The monoisotopic (exact) mass is 470 g/mol. The van der Waals surface area contributed by atoms with Crippen molar-refractivity contribution in [2.45, 2.75) is 125 Å². The molecule has 4 aliphatic rings. The Morgan fingerprint density at radius 1 is 1.00 bits per heavy atom. The van der Waals surface area contributed by atoms with Crippen molar-refractivity contribution in [2.75, 3.05) is 6.61 Å². The summed E-state index contributed by atoms with van der Waals surface area (Å²) in [5.74, 6) is 5.66. The topological polar surface area (TPSA) is 26.3 Å². The number of fused-ring (bicyclic) bond motifs is 5. The van der Waals surface area contributed by atoms with Gasteiger partial charge in [-0.15, -0.1) is 0 Å². The lowest BCUT2D eigenvalue weighted by atomic mass is 9.47. The van der Waals surface area contributed by atoms with Crippen LogP contribution in [0, 0.1) is 52.3 Å². The molecule has 0 aromatic heterocycles. The second-order valence-electron chi connectivity index (χ2n) is 14.1. The lowest BCUT2D eigenvalue weighted by Crippen LogP contribution is -2.51. The van der Waals surface area contributed by atoms with Gasteiger partial charge in [-0.3, -0.25) is 4.79 Å². The van der Waals surface area contributed by atoms with Crippen molar-refractivity contribution in [1.29, 1.82) is 0 Å². The van der Waals surface area contributed by atoms with Crippen LogP contribution >= 0.6 is 0 Å². The Morgan fingerprint density at radius 3 is 2.47 bits per heavy atom. The summed E-state index contributed by atoms with van der Waals surface area (Å²) in [5, 5.41) is 0. The lowest BCUT2D eigenvalue weighted by molar-refractivity contribution is -0.129. The van der Waals surface area contributed by atoms with Gasteiger partial charge in [-0.05, 0) is 97.7 Å². The summed E-state index contributed by atoms with van der Waals surface area (Å²) in [6, 6.07) is 0. The average Bonchev–Trinajstić information content (AvgIpc) is 3.14. The van der Waals surface area contributed by atoms with Crippen LogP contribution < -0.4 is 0 Å². The number of carbonyl (C=O) groups excluding carboxylic acids is 1. The predicted molar refractivity (Wildman–Crippen MR) is 143 cm³/mol. The number of hydrogen-bond acceptors (Lipinski definition) is 2. The first-order valence-electron chi connectivity index (χ1n) is 14.9. The Hall–Kier alpha value is -0.630. The zero-order chi connectivity index (χ0) is 24.7. The van der Waals surface area contributed by atoms with Gasteiger partial charge >= 0.3 is 0 Å². The van der Waals surface area contributed by atoms with E-state index in [0.29, 0.717) is 17.4 Å². The first kappa shape index (κ1) is 26.4. The first-order valence-corrected chi connectivity index (χ1v) is 14.9. The molecule has 0 heterocycles. The summed E-state index contributed by atoms with van der Waals surface area (Å²) >= 11 is 0. The van der Waals surface area contributed by atoms with Gasteiger partial charge in [0.25, 0.3) is 0 Å². The minimum Gasteiger partial charge on any atom is -0.370 e. The average molecular weight is 471 g/mol. The molecular weight excluding hydrogens is 416 g/mol. The van der Waals surface area contributed by atoms with Crippen LogP contribution in [0.1, 0.15) is 119 Å². The fraction of sp³-hybridized carbons (Fsp3) is 0.906. The van der Waals surface area contributed by atoms with Gasteiger partial charge in [-0.2, -0.15) is 0 Å². The normalized spacial score (nSPS) is 40.5. The minimum atomic E-state index is 0.0771. The SMILES string of the molecule is CC(C)CCC[C@@H](C)[C@H]1CCC2C3CC=C4C[C@@H](OCC(=O)C(C)C)CC[C@]4(C)C3CC[C@@]21C. The van der Waals surface area contributed by atoms with Crippen molar-refractivity contribution < 1.29 is 9.53 Å². The van der Waals surface area contributed by atoms with Crippen molar-refractivity contribution >= 4 is 5.78 Å². The molecule has 8 atom stereocenters. The van der Waals surface area contributed by atoms with Gasteiger partial charge in [0.15, 0.2) is 5.78 Å². The summed E-state index contributed by atoms with van der Waals surface area (Å²) < 4.78 is 6.12. The molecule has 4 rings (SSSR count). The van der Waals surface area contributed by atoms with Crippen molar-refractivity contribution in [3.8, 4) is 0 Å². The van der Waals surface area contributed by atoms with Crippen LogP contribution in [0.2, 0.25) is 0 Å². The van der Waals surface area contributed by atoms with E-state index in [-0.39, 0.29) is 17.8 Å². The molecule has 0 spiro atoms. The maximum Gasteiger partial charge on any atom is 0.160 e. The molecule has 4 aliphatic carbocycles. The molecule has 0 N–H and O–H groups in total. The van der Waals surface area contributed by atoms with Gasteiger partial charge in [-0.1, -0.05) is 79.4 Å². The Morgan fingerprint density at radius 2 is 1.76 bits per heavy atom. The summed E-state index contributed by atoms with van der Waals surface area (Å²) in [6.07, 6.45) is 17.7. The molecule has 194 valence electrons.